The first-order valence-electron chi connectivity index (χ1n) is 11.2. The number of aromatic nitrogens is 4. The third kappa shape index (κ3) is 4.53. The molecule has 10 heteroatoms. The van der Waals surface area contributed by atoms with Gasteiger partial charge in [0, 0.05) is 38.9 Å². The highest BCUT2D eigenvalue weighted by Crippen LogP contribution is 2.36. The summed E-state index contributed by atoms with van der Waals surface area (Å²) in [6.45, 7) is 11.2. The Balaban J connectivity index is 1.15. The molecule has 0 radical (unpaired) electrons. The van der Waals surface area contributed by atoms with Crippen molar-refractivity contribution in [1.29, 1.82) is 0 Å². The maximum Gasteiger partial charge on any atom is 0.227 e. The van der Waals surface area contributed by atoms with E-state index >= 15 is 0 Å². The third-order valence-electron chi connectivity index (χ3n) is 6.37. The largest absolute Gasteiger partial charge is 0.372 e. The standard InChI is InChI=1S/C24H24FN7O2/c1-26-24-19-6-11-34-21(18(19)3-4-20(24)25)14-30-7-9-31(10-8-30)23(33)12-17-2-5-22(28-13-17)32-16-27-15-29-32/h2-5,13,15-16,21H,6-12,14H2. The fraction of sp³-hybridized carbons (Fsp3) is 0.375. The molecule has 1 atom stereocenters. The van der Waals surface area contributed by atoms with E-state index in [0.29, 0.717) is 44.9 Å². The summed E-state index contributed by atoms with van der Waals surface area (Å²) in [7, 11) is 0. The molecule has 1 fully saturated rings. The summed E-state index contributed by atoms with van der Waals surface area (Å²) in [5, 5.41) is 4.05. The van der Waals surface area contributed by atoms with Gasteiger partial charge in [0.25, 0.3) is 0 Å². The average molecular weight is 462 g/mol. The fourth-order valence-electron chi connectivity index (χ4n) is 4.54. The van der Waals surface area contributed by atoms with Gasteiger partial charge in [-0.1, -0.05) is 12.1 Å². The highest BCUT2D eigenvalue weighted by molar-refractivity contribution is 5.78. The lowest BCUT2D eigenvalue weighted by Gasteiger charge is -2.38. The van der Waals surface area contributed by atoms with Gasteiger partial charge in [0.05, 0.1) is 25.7 Å². The van der Waals surface area contributed by atoms with Gasteiger partial charge in [-0.05, 0) is 35.2 Å². The summed E-state index contributed by atoms with van der Waals surface area (Å²) < 4.78 is 21.5. The monoisotopic (exact) mass is 461 g/mol. The molecule has 9 nitrogen and oxygen atoms in total. The van der Waals surface area contributed by atoms with Crippen molar-refractivity contribution in [1.82, 2.24) is 29.5 Å². The number of benzene rings is 1. The minimum absolute atomic E-state index is 0.0754. The van der Waals surface area contributed by atoms with Crippen LogP contribution in [-0.2, 0) is 22.4 Å². The van der Waals surface area contributed by atoms with Gasteiger partial charge < -0.3 is 9.64 Å². The normalized spacial score (nSPS) is 18.4. The molecule has 4 heterocycles. The van der Waals surface area contributed by atoms with E-state index in [2.05, 4.69) is 24.8 Å². The van der Waals surface area contributed by atoms with E-state index in [4.69, 9.17) is 11.3 Å². The van der Waals surface area contributed by atoms with Crippen molar-refractivity contribution < 1.29 is 13.9 Å². The molecule has 5 rings (SSSR count). The van der Waals surface area contributed by atoms with Gasteiger partial charge in [-0.25, -0.2) is 23.9 Å². The Morgan fingerprint density at radius 3 is 2.76 bits per heavy atom. The SMILES string of the molecule is [C-]#[N+]c1c(F)ccc2c1CCOC2CN1CCN(C(=O)Cc2ccc(-n3cncn3)nc2)CC1. The molecule has 0 N–H and O–H groups in total. The molecule has 0 bridgehead atoms. The Hall–Kier alpha value is -3.68. The van der Waals surface area contributed by atoms with Crippen molar-refractivity contribution in [2.45, 2.75) is 18.9 Å². The Kier molecular flexibility index (Phi) is 6.29. The second-order valence-electron chi connectivity index (χ2n) is 8.41. The van der Waals surface area contributed by atoms with Crippen LogP contribution in [0.15, 0.2) is 43.1 Å². The van der Waals surface area contributed by atoms with Gasteiger partial charge in [0.2, 0.25) is 11.6 Å². The van der Waals surface area contributed by atoms with Crippen LogP contribution in [-0.4, -0.2) is 74.8 Å². The van der Waals surface area contributed by atoms with Crippen LogP contribution in [0.5, 0.6) is 0 Å². The number of halogens is 1. The first kappa shape index (κ1) is 22.1. The van der Waals surface area contributed by atoms with Gasteiger partial charge in [-0.2, -0.15) is 5.10 Å². The number of amides is 1. The Bertz CT molecular complexity index is 1200. The lowest BCUT2D eigenvalue weighted by Crippen LogP contribution is -2.50. The average Bonchev–Trinajstić information content (AvgIpc) is 3.40. The molecule has 0 saturated carbocycles. The predicted molar refractivity (Wildman–Crippen MR) is 121 cm³/mol. The Morgan fingerprint density at radius 2 is 2.06 bits per heavy atom. The van der Waals surface area contributed by atoms with Gasteiger partial charge in [0.1, 0.15) is 18.5 Å². The van der Waals surface area contributed by atoms with Crippen LogP contribution < -0.4 is 0 Å². The highest BCUT2D eigenvalue weighted by Gasteiger charge is 2.29. The molecule has 1 amide bonds. The molecule has 2 aliphatic rings. The van der Waals surface area contributed by atoms with Gasteiger partial charge >= 0.3 is 0 Å². The van der Waals surface area contributed by atoms with Gasteiger partial charge in [-0.15, -0.1) is 0 Å². The maximum absolute atomic E-state index is 14.0. The first-order valence-corrected chi connectivity index (χ1v) is 11.2. The Morgan fingerprint density at radius 1 is 1.21 bits per heavy atom. The number of pyridine rings is 1. The topological polar surface area (TPSA) is 80.7 Å². The Labute approximate surface area is 196 Å². The molecule has 2 aromatic heterocycles. The molecular formula is C24H24FN7O2. The number of piperazine rings is 1. The van der Waals surface area contributed by atoms with Crippen LogP contribution in [0.2, 0.25) is 0 Å². The highest BCUT2D eigenvalue weighted by atomic mass is 19.1. The van der Waals surface area contributed by atoms with E-state index in [1.807, 2.05) is 17.0 Å². The smallest absolute Gasteiger partial charge is 0.227 e. The van der Waals surface area contributed by atoms with Crippen molar-refractivity contribution in [3.8, 4) is 5.82 Å². The summed E-state index contributed by atoms with van der Waals surface area (Å²) in [5.74, 6) is 0.260. The molecule has 1 aromatic carbocycles. The number of carbonyl (C=O) groups is 1. The zero-order valence-electron chi connectivity index (χ0n) is 18.6. The van der Waals surface area contributed by atoms with Crippen LogP contribution in [0.25, 0.3) is 10.7 Å². The molecule has 174 valence electrons. The lowest BCUT2D eigenvalue weighted by molar-refractivity contribution is -0.132. The second-order valence-corrected chi connectivity index (χ2v) is 8.41. The van der Waals surface area contributed by atoms with Crippen molar-refractivity contribution in [3.63, 3.8) is 0 Å². The predicted octanol–water partition coefficient (Wildman–Crippen LogP) is 2.35. The van der Waals surface area contributed by atoms with Crippen LogP contribution >= 0.6 is 0 Å². The van der Waals surface area contributed by atoms with Crippen molar-refractivity contribution in [3.05, 3.63) is 77.0 Å². The number of hydrogen-bond donors (Lipinski definition) is 0. The maximum atomic E-state index is 14.0. The van der Waals surface area contributed by atoms with Crippen molar-refractivity contribution in [2.75, 3.05) is 39.3 Å². The van der Waals surface area contributed by atoms with Gasteiger partial charge in [-0.3, -0.25) is 9.69 Å². The summed E-state index contributed by atoms with van der Waals surface area (Å²) in [5.41, 5.74) is 2.64. The zero-order chi connectivity index (χ0) is 23.5. The van der Waals surface area contributed by atoms with Crippen LogP contribution in [0, 0.1) is 12.4 Å². The van der Waals surface area contributed by atoms with Crippen LogP contribution in [0.3, 0.4) is 0 Å². The minimum atomic E-state index is -0.468. The number of ether oxygens (including phenoxy) is 1. The minimum Gasteiger partial charge on any atom is -0.372 e. The lowest BCUT2D eigenvalue weighted by atomic mass is 9.95. The van der Waals surface area contributed by atoms with E-state index in [1.54, 1.807) is 23.3 Å². The summed E-state index contributed by atoms with van der Waals surface area (Å²) in [4.78, 5) is 28.6. The van der Waals surface area contributed by atoms with Crippen molar-refractivity contribution in [2.24, 2.45) is 0 Å². The van der Waals surface area contributed by atoms with E-state index in [9.17, 15) is 9.18 Å². The molecule has 1 unspecified atom stereocenters. The van der Waals surface area contributed by atoms with Crippen molar-refractivity contribution >= 4 is 11.6 Å². The number of hydrogen-bond acceptors (Lipinski definition) is 6. The quantitative estimate of drug-likeness (QED) is 0.543. The molecule has 0 aliphatic carbocycles. The van der Waals surface area contributed by atoms with E-state index in [0.717, 1.165) is 29.8 Å². The summed E-state index contributed by atoms with van der Waals surface area (Å²) >= 11 is 0. The van der Waals surface area contributed by atoms with E-state index in [1.165, 1.54) is 12.4 Å². The zero-order valence-corrected chi connectivity index (χ0v) is 18.6. The second kappa shape index (κ2) is 9.67. The third-order valence-corrected chi connectivity index (χ3v) is 6.37. The summed E-state index contributed by atoms with van der Waals surface area (Å²) in [6.07, 6.45) is 5.38. The number of fused-ring (bicyclic) bond motifs is 1. The van der Waals surface area contributed by atoms with E-state index in [-0.39, 0.29) is 17.7 Å². The number of nitrogens with zero attached hydrogens (tertiary/aromatic N) is 7. The van der Waals surface area contributed by atoms with Gasteiger partial charge in [0.15, 0.2) is 5.82 Å². The molecule has 3 aromatic rings. The molecular weight excluding hydrogens is 437 g/mol. The molecule has 1 saturated heterocycles. The summed E-state index contributed by atoms with van der Waals surface area (Å²) in [6, 6.07) is 6.81. The van der Waals surface area contributed by atoms with Crippen LogP contribution in [0.1, 0.15) is 22.8 Å². The molecule has 2 aliphatic heterocycles. The number of rotatable bonds is 5. The van der Waals surface area contributed by atoms with E-state index < -0.39 is 5.82 Å². The first-order chi connectivity index (χ1) is 16.6. The van der Waals surface area contributed by atoms with Crippen LogP contribution in [0.4, 0.5) is 10.1 Å². The molecule has 0 spiro atoms. The number of carbonyl (C=O) groups excluding carboxylic acids is 1. The fourth-order valence-corrected chi connectivity index (χ4v) is 4.54. The molecule has 34 heavy (non-hydrogen) atoms.